The molecule has 0 aliphatic carbocycles. The molecule has 2 aromatic heterocycles. The molecule has 1 saturated heterocycles. The van der Waals surface area contributed by atoms with Gasteiger partial charge in [-0.2, -0.15) is 4.98 Å². The van der Waals surface area contributed by atoms with Crippen molar-refractivity contribution in [2.75, 3.05) is 18.6 Å². The molecule has 1 aliphatic rings. The molecule has 2 aromatic carbocycles. The lowest BCUT2D eigenvalue weighted by molar-refractivity contribution is -0.117. The van der Waals surface area contributed by atoms with Gasteiger partial charge in [-0.3, -0.25) is 4.79 Å². The van der Waals surface area contributed by atoms with Crippen LogP contribution in [0.4, 0.5) is 5.69 Å². The van der Waals surface area contributed by atoms with Gasteiger partial charge >= 0.3 is 0 Å². The van der Waals surface area contributed by atoms with E-state index in [1.54, 1.807) is 12.0 Å². The highest BCUT2D eigenvalue weighted by atomic mass is 16.5. The molecule has 7 heteroatoms. The molecular weight excluding hydrogens is 370 g/mol. The smallest absolute Gasteiger partial charge is 0.238 e. The number of nitrogens with zero attached hydrogens (tertiary/aromatic N) is 3. The predicted molar refractivity (Wildman–Crippen MR) is 107 cm³/mol. The number of rotatable bonds is 4. The Morgan fingerprint density at radius 2 is 2.00 bits per heavy atom. The van der Waals surface area contributed by atoms with Gasteiger partial charge in [0.2, 0.25) is 17.6 Å². The van der Waals surface area contributed by atoms with Crippen LogP contribution in [0.3, 0.4) is 0 Å². The molecule has 1 amide bonds. The highest BCUT2D eigenvalue weighted by molar-refractivity contribution is 5.96. The molecule has 0 N–H and O–H groups in total. The van der Waals surface area contributed by atoms with Gasteiger partial charge in [-0.15, -0.1) is 0 Å². The van der Waals surface area contributed by atoms with E-state index >= 15 is 0 Å². The molecule has 1 aliphatic heterocycles. The minimum absolute atomic E-state index is 0.0490. The number of para-hydroxylation sites is 1. The summed E-state index contributed by atoms with van der Waals surface area (Å²) >= 11 is 0. The van der Waals surface area contributed by atoms with E-state index in [2.05, 4.69) is 10.1 Å². The van der Waals surface area contributed by atoms with Crippen molar-refractivity contribution < 1.29 is 18.5 Å². The molecule has 0 unspecified atom stereocenters. The van der Waals surface area contributed by atoms with Crippen molar-refractivity contribution in [3.05, 3.63) is 60.0 Å². The average Bonchev–Trinajstić information content (AvgIpc) is 3.46. The number of furan rings is 1. The molecule has 7 nitrogen and oxygen atoms in total. The quantitative estimate of drug-likeness (QED) is 0.517. The Labute approximate surface area is 166 Å². The van der Waals surface area contributed by atoms with Gasteiger partial charge in [0.25, 0.3) is 0 Å². The van der Waals surface area contributed by atoms with Gasteiger partial charge in [0.05, 0.1) is 13.0 Å². The molecule has 146 valence electrons. The minimum Gasteiger partial charge on any atom is -0.497 e. The van der Waals surface area contributed by atoms with E-state index in [1.165, 1.54) is 0 Å². The Balaban J connectivity index is 1.44. The van der Waals surface area contributed by atoms with Crippen LogP contribution >= 0.6 is 0 Å². The van der Waals surface area contributed by atoms with Gasteiger partial charge in [0.1, 0.15) is 11.3 Å². The lowest BCUT2D eigenvalue weighted by Gasteiger charge is -2.15. The van der Waals surface area contributed by atoms with Gasteiger partial charge in [-0.25, -0.2) is 0 Å². The van der Waals surface area contributed by atoms with E-state index in [0.29, 0.717) is 30.4 Å². The average molecular weight is 389 g/mol. The molecule has 0 spiro atoms. The number of aromatic nitrogens is 2. The van der Waals surface area contributed by atoms with Crippen LogP contribution in [0, 0.1) is 6.92 Å². The van der Waals surface area contributed by atoms with Crippen molar-refractivity contribution in [2.45, 2.75) is 19.3 Å². The number of amides is 1. The highest BCUT2D eigenvalue weighted by Gasteiger charge is 2.35. The second-order valence-electron chi connectivity index (χ2n) is 7.12. The summed E-state index contributed by atoms with van der Waals surface area (Å²) in [5.74, 6) is 2.06. The van der Waals surface area contributed by atoms with E-state index in [1.807, 2.05) is 55.5 Å². The molecule has 1 atom stereocenters. The van der Waals surface area contributed by atoms with E-state index < -0.39 is 0 Å². The third-order valence-electron chi connectivity index (χ3n) is 5.33. The van der Waals surface area contributed by atoms with Gasteiger partial charge in [-0.1, -0.05) is 23.4 Å². The summed E-state index contributed by atoms with van der Waals surface area (Å²) in [5, 5.41) is 5.05. The number of benzene rings is 2. The number of methoxy groups -OCH3 is 1. The maximum absolute atomic E-state index is 12.5. The third-order valence-corrected chi connectivity index (χ3v) is 5.33. The molecule has 5 rings (SSSR count). The first-order chi connectivity index (χ1) is 14.1. The van der Waals surface area contributed by atoms with Gasteiger partial charge in [-0.05, 0) is 37.3 Å². The fourth-order valence-electron chi connectivity index (χ4n) is 3.76. The molecule has 0 saturated carbocycles. The topological polar surface area (TPSA) is 81.6 Å². The Bertz CT molecular complexity index is 1200. The summed E-state index contributed by atoms with van der Waals surface area (Å²) in [6.07, 6.45) is 0.340. The second-order valence-corrected chi connectivity index (χ2v) is 7.12. The van der Waals surface area contributed by atoms with Crippen LogP contribution in [0.25, 0.3) is 22.6 Å². The van der Waals surface area contributed by atoms with E-state index in [4.69, 9.17) is 13.7 Å². The standard InChI is InChI=1S/C22H19N3O4/c1-13-17-11-16(27-2)8-9-18(17)28-20(13)21-23-22(29-24-21)14-10-19(26)25(12-14)15-6-4-3-5-7-15/h3-9,11,14H,10,12H2,1-2H3/t14-/m1/s1. The van der Waals surface area contributed by atoms with Gasteiger partial charge < -0.3 is 18.6 Å². The molecule has 3 heterocycles. The van der Waals surface area contributed by atoms with Crippen LogP contribution in [-0.2, 0) is 4.79 Å². The van der Waals surface area contributed by atoms with Crippen LogP contribution < -0.4 is 9.64 Å². The fraction of sp³-hybridized carbons (Fsp3) is 0.227. The Hall–Kier alpha value is -3.61. The monoisotopic (exact) mass is 389 g/mol. The predicted octanol–water partition coefficient (Wildman–Crippen LogP) is 4.32. The maximum atomic E-state index is 12.5. The molecule has 0 bridgehead atoms. The summed E-state index contributed by atoms with van der Waals surface area (Å²) in [6, 6.07) is 15.2. The Morgan fingerprint density at radius 3 is 2.79 bits per heavy atom. The zero-order chi connectivity index (χ0) is 20.0. The number of hydrogen-bond donors (Lipinski definition) is 0. The number of hydrogen-bond acceptors (Lipinski definition) is 6. The van der Waals surface area contributed by atoms with Crippen molar-refractivity contribution in [2.24, 2.45) is 0 Å². The van der Waals surface area contributed by atoms with Gasteiger partial charge in [0.15, 0.2) is 5.76 Å². The van der Waals surface area contributed by atoms with Crippen molar-refractivity contribution in [1.29, 1.82) is 0 Å². The molecule has 29 heavy (non-hydrogen) atoms. The molecule has 0 radical (unpaired) electrons. The second kappa shape index (κ2) is 6.77. The summed E-state index contributed by atoms with van der Waals surface area (Å²) in [5.41, 5.74) is 2.53. The number of carbonyl (C=O) groups is 1. The van der Waals surface area contributed by atoms with Gasteiger partial charge in [0, 0.05) is 29.6 Å². The maximum Gasteiger partial charge on any atom is 0.238 e. The zero-order valence-corrected chi connectivity index (χ0v) is 16.1. The first kappa shape index (κ1) is 17.5. The van der Waals surface area contributed by atoms with Crippen LogP contribution in [0.5, 0.6) is 5.75 Å². The lowest BCUT2D eigenvalue weighted by Crippen LogP contribution is -2.24. The third kappa shape index (κ3) is 2.95. The van der Waals surface area contributed by atoms with Crippen LogP contribution in [0.15, 0.2) is 57.5 Å². The molecular formula is C22H19N3O4. The van der Waals surface area contributed by atoms with Crippen LogP contribution in [0.1, 0.15) is 23.8 Å². The number of fused-ring (bicyclic) bond motifs is 1. The van der Waals surface area contributed by atoms with Crippen molar-refractivity contribution in [3.8, 4) is 17.3 Å². The Kier molecular flexibility index (Phi) is 4.08. The largest absolute Gasteiger partial charge is 0.497 e. The SMILES string of the molecule is COc1ccc2oc(-c3noc([C@@H]4CC(=O)N(c5ccccc5)C4)n3)c(C)c2c1. The van der Waals surface area contributed by atoms with Crippen molar-refractivity contribution in [3.63, 3.8) is 0 Å². The fourth-order valence-corrected chi connectivity index (χ4v) is 3.76. The first-order valence-corrected chi connectivity index (χ1v) is 9.40. The number of ether oxygens (including phenoxy) is 1. The normalized spacial score (nSPS) is 16.7. The number of carbonyl (C=O) groups excluding carboxylic acids is 1. The Morgan fingerprint density at radius 1 is 1.17 bits per heavy atom. The van der Waals surface area contributed by atoms with E-state index in [-0.39, 0.29) is 11.8 Å². The highest BCUT2D eigenvalue weighted by Crippen LogP contribution is 2.36. The summed E-state index contributed by atoms with van der Waals surface area (Å²) in [7, 11) is 1.63. The number of aryl methyl sites for hydroxylation is 1. The van der Waals surface area contributed by atoms with Crippen molar-refractivity contribution >= 4 is 22.6 Å². The minimum atomic E-state index is -0.145. The first-order valence-electron chi connectivity index (χ1n) is 9.40. The van der Waals surface area contributed by atoms with Crippen LogP contribution in [0.2, 0.25) is 0 Å². The van der Waals surface area contributed by atoms with Crippen molar-refractivity contribution in [1.82, 2.24) is 10.1 Å². The summed E-state index contributed by atoms with van der Waals surface area (Å²) < 4.78 is 16.8. The number of anilines is 1. The summed E-state index contributed by atoms with van der Waals surface area (Å²) in [4.78, 5) is 18.8. The zero-order valence-electron chi connectivity index (χ0n) is 16.1. The molecule has 1 fully saturated rings. The van der Waals surface area contributed by atoms with Crippen LogP contribution in [-0.4, -0.2) is 29.7 Å². The van der Waals surface area contributed by atoms with E-state index in [0.717, 1.165) is 28.0 Å². The van der Waals surface area contributed by atoms with E-state index in [9.17, 15) is 4.79 Å². The summed E-state index contributed by atoms with van der Waals surface area (Å²) in [6.45, 7) is 2.47. The molecule has 4 aromatic rings. The lowest BCUT2D eigenvalue weighted by atomic mass is 10.1.